The molecule has 0 fully saturated rings. The fourth-order valence-electron chi connectivity index (χ4n) is 2.10. The molecule has 1 amide bonds. The van der Waals surface area contributed by atoms with E-state index in [0.29, 0.717) is 6.54 Å². The van der Waals surface area contributed by atoms with Gasteiger partial charge in [-0.2, -0.15) is 0 Å². The molecule has 0 aliphatic heterocycles. The summed E-state index contributed by atoms with van der Waals surface area (Å²) in [5, 5.41) is 2.85. The maximum Gasteiger partial charge on any atom is 0.237 e. The molecule has 3 N–H and O–H groups in total. The van der Waals surface area contributed by atoms with E-state index in [4.69, 9.17) is 5.73 Å². The first-order valence-electron chi connectivity index (χ1n) is 6.99. The molecular weight excluding hydrogens is 288 g/mol. The van der Waals surface area contributed by atoms with Gasteiger partial charge in [0.15, 0.2) is 0 Å². The van der Waals surface area contributed by atoms with E-state index in [1.54, 1.807) is 0 Å². The minimum atomic E-state index is -0.459. The highest BCUT2D eigenvalue weighted by Crippen LogP contribution is 2.10. The first kappa shape index (κ1) is 17.5. The Morgan fingerprint density at radius 1 is 1.52 bits per heavy atom. The molecule has 116 valence electrons. The molecule has 0 aromatic carbocycles. The number of nitrogens with zero attached hydrogens (tertiary/aromatic N) is 2. The van der Waals surface area contributed by atoms with Gasteiger partial charge in [0.25, 0.3) is 0 Å². The molecule has 5 nitrogen and oxygen atoms in total. The van der Waals surface area contributed by atoms with Crippen LogP contribution in [0.25, 0.3) is 5.65 Å². The number of rotatable bonds is 5. The second kappa shape index (κ2) is 7.43. The van der Waals surface area contributed by atoms with Crippen LogP contribution in [-0.2, 0) is 11.3 Å². The Balaban J connectivity index is 0.00000220. The van der Waals surface area contributed by atoms with Crippen LogP contribution in [0.4, 0.5) is 0 Å². The van der Waals surface area contributed by atoms with Crippen LogP contribution in [-0.4, -0.2) is 21.3 Å². The lowest BCUT2D eigenvalue weighted by molar-refractivity contribution is -0.123. The standard InChI is InChI=1S/C15H22N4O.ClH/c1-4-10(2)13(16)15(20)17-8-12-9-19-7-5-6-11(3)14(19)18-12;/h5-7,9-10,13H,4,8,16H2,1-3H3,(H,17,20);1H. The SMILES string of the molecule is CCC(C)C(N)C(=O)NCc1cn2cccc(C)c2n1.Cl. The summed E-state index contributed by atoms with van der Waals surface area (Å²) < 4.78 is 1.96. The lowest BCUT2D eigenvalue weighted by Crippen LogP contribution is -2.44. The zero-order valence-corrected chi connectivity index (χ0v) is 13.5. The average molecular weight is 311 g/mol. The van der Waals surface area contributed by atoms with Crippen molar-refractivity contribution in [3.05, 3.63) is 35.8 Å². The third-order valence-electron chi connectivity index (χ3n) is 3.73. The van der Waals surface area contributed by atoms with Gasteiger partial charge in [-0.1, -0.05) is 26.3 Å². The van der Waals surface area contributed by atoms with Gasteiger partial charge >= 0.3 is 0 Å². The predicted molar refractivity (Wildman–Crippen MR) is 86.5 cm³/mol. The van der Waals surface area contributed by atoms with Gasteiger partial charge in [0.1, 0.15) is 5.65 Å². The van der Waals surface area contributed by atoms with Crippen LogP contribution in [0.15, 0.2) is 24.5 Å². The van der Waals surface area contributed by atoms with Crippen molar-refractivity contribution in [3.63, 3.8) is 0 Å². The number of halogens is 1. The van der Waals surface area contributed by atoms with Gasteiger partial charge in [-0.3, -0.25) is 4.79 Å². The summed E-state index contributed by atoms with van der Waals surface area (Å²) in [6, 6.07) is 3.54. The van der Waals surface area contributed by atoms with Gasteiger partial charge in [0.2, 0.25) is 5.91 Å². The summed E-state index contributed by atoms with van der Waals surface area (Å²) in [5.41, 5.74) is 8.77. The fraction of sp³-hybridized carbons (Fsp3) is 0.467. The van der Waals surface area contributed by atoms with Crippen LogP contribution in [0.2, 0.25) is 0 Å². The highest BCUT2D eigenvalue weighted by molar-refractivity contribution is 5.85. The van der Waals surface area contributed by atoms with Crippen molar-refractivity contribution in [2.45, 2.75) is 39.8 Å². The third kappa shape index (κ3) is 3.95. The number of amides is 1. The van der Waals surface area contributed by atoms with Crippen molar-refractivity contribution in [1.29, 1.82) is 0 Å². The van der Waals surface area contributed by atoms with Crippen LogP contribution in [0.1, 0.15) is 31.5 Å². The zero-order chi connectivity index (χ0) is 14.7. The molecule has 0 saturated carbocycles. The first-order valence-corrected chi connectivity index (χ1v) is 6.99. The van der Waals surface area contributed by atoms with Crippen molar-refractivity contribution in [2.24, 2.45) is 11.7 Å². The van der Waals surface area contributed by atoms with Gasteiger partial charge in [-0.25, -0.2) is 4.98 Å². The molecule has 0 aliphatic rings. The molecule has 2 atom stereocenters. The van der Waals surface area contributed by atoms with Gasteiger partial charge < -0.3 is 15.5 Å². The Labute approximate surface area is 131 Å². The molecular formula is C15H23ClN4O. The largest absolute Gasteiger partial charge is 0.349 e. The monoisotopic (exact) mass is 310 g/mol. The van der Waals surface area contributed by atoms with E-state index < -0.39 is 6.04 Å². The lowest BCUT2D eigenvalue weighted by atomic mass is 9.99. The van der Waals surface area contributed by atoms with Gasteiger partial charge in [0.05, 0.1) is 18.3 Å². The first-order chi connectivity index (χ1) is 9.52. The average Bonchev–Trinajstić information content (AvgIpc) is 2.87. The molecule has 2 rings (SSSR count). The van der Waals surface area contributed by atoms with E-state index in [2.05, 4.69) is 10.3 Å². The van der Waals surface area contributed by atoms with Crippen molar-refractivity contribution >= 4 is 24.0 Å². The summed E-state index contributed by atoms with van der Waals surface area (Å²) in [7, 11) is 0. The Hall–Kier alpha value is -1.59. The van der Waals surface area contributed by atoms with Gasteiger partial charge in [0, 0.05) is 12.4 Å². The topological polar surface area (TPSA) is 72.4 Å². The molecule has 0 spiro atoms. The van der Waals surface area contributed by atoms with Crippen LogP contribution in [0, 0.1) is 12.8 Å². The number of carbonyl (C=O) groups excluding carboxylic acids is 1. The highest BCUT2D eigenvalue weighted by atomic mass is 35.5. The molecule has 0 saturated heterocycles. The van der Waals surface area contributed by atoms with Gasteiger partial charge in [-0.05, 0) is 24.5 Å². The van der Waals surface area contributed by atoms with E-state index in [1.807, 2.05) is 49.7 Å². The molecule has 21 heavy (non-hydrogen) atoms. The van der Waals surface area contributed by atoms with Crippen molar-refractivity contribution in [1.82, 2.24) is 14.7 Å². The van der Waals surface area contributed by atoms with Crippen molar-refractivity contribution < 1.29 is 4.79 Å². The van der Waals surface area contributed by atoms with Crippen LogP contribution < -0.4 is 11.1 Å². The summed E-state index contributed by atoms with van der Waals surface area (Å²) in [6.07, 6.45) is 4.77. The number of imidazole rings is 1. The van der Waals surface area contributed by atoms with E-state index >= 15 is 0 Å². The highest BCUT2D eigenvalue weighted by Gasteiger charge is 2.19. The number of nitrogens with two attached hydrogens (primary N) is 1. The predicted octanol–water partition coefficient (Wildman–Crippen LogP) is 2.05. The molecule has 0 aliphatic carbocycles. The Morgan fingerprint density at radius 3 is 2.86 bits per heavy atom. The van der Waals surface area contributed by atoms with E-state index in [9.17, 15) is 4.79 Å². The Bertz CT molecular complexity index is 611. The number of aromatic nitrogens is 2. The maximum absolute atomic E-state index is 11.9. The molecule has 6 heteroatoms. The number of fused-ring (bicyclic) bond motifs is 1. The number of nitrogens with one attached hydrogen (secondary N) is 1. The van der Waals surface area contributed by atoms with E-state index in [-0.39, 0.29) is 24.2 Å². The van der Waals surface area contributed by atoms with Crippen LogP contribution >= 0.6 is 12.4 Å². The number of aryl methyl sites for hydroxylation is 1. The summed E-state index contributed by atoms with van der Waals surface area (Å²) in [6.45, 7) is 6.44. The Kier molecular flexibility index (Phi) is 6.18. The molecule has 2 heterocycles. The minimum absolute atomic E-state index is 0. The normalized spacial score (nSPS) is 13.5. The van der Waals surface area contributed by atoms with Crippen molar-refractivity contribution in [2.75, 3.05) is 0 Å². The molecule has 2 unspecified atom stereocenters. The fourth-order valence-corrected chi connectivity index (χ4v) is 2.10. The molecule has 0 bridgehead atoms. The minimum Gasteiger partial charge on any atom is -0.349 e. The quantitative estimate of drug-likeness (QED) is 0.888. The van der Waals surface area contributed by atoms with Gasteiger partial charge in [-0.15, -0.1) is 12.4 Å². The second-order valence-electron chi connectivity index (χ2n) is 5.28. The summed E-state index contributed by atoms with van der Waals surface area (Å²) in [4.78, 5) is 16.4. The lowest BCUT2D eigenvalue weighted by Gasteiger charge is -2.17. The zero-order valence-electron chi connectivity index (χ0n) is 12.7. The van der Waals surface area contributed by atoms with E-state index in [0.717, 1.165) is 23.3 Å². The number of hydrogen-bond acceptors (Lipinski definition) is 3. The number of pyridine rings is 1. The maximum atomic E-state index is 11.9. The number of carbonyl (C=O) groups is 1. The number of hydrogen-bond donors (Lipinski definition) is 2. The molecule has 2 aromatic heterocycles. The second-order valence-corrected chi connectivity index (χ2v) is 5.28. The molecule has 2 aromatic rings. The third-order valence-corrected chi connectivity index (χ3v) is 3.73. The molecule has 0 radical (unpaired) electrons. The van der Waals surface area contributed by atoms with Crippen LogP contribution in [0.5, 0.6) is 0 Å². The van der Waals surface area contributed by atoms with E-state index in [1.165, 1.54) is 0 Å². The smallest absolute Gasteiger partial charge is 0.237 e. The summed E-state index contributed by atoms with van der Waals surface area (Å²) >= 11 is 0. The van der Waals surface area contributed by atoms with Crippen LogP contribution in [0.3, 0.4) is 0 Å². The summed E-state index contributed by atoms with van der Waals surface area (Å²) in [5.74, 6) is 0.0615. The van der Waals surface area contributed by atoms with Crippen molar-refractivity contribution in [3.8, 4) is 0 Å². The Morgan fingerprint density at radius 2 is 2.24 bits per heavy atom.